The molecule has 0 saturated heterocycles. The van der Waals surface area contributed by atoms with Gasteiger partial charge in [-0.05, 0) is 39.9 Å². The van der Waals surface area contributed by atoms with Crippen molar-refractivity contribution in [2.24, 2.45) is 0 Å². The van der Waals surface area contributed by atoms with E-state index in [-0.39, 0.29) is 31.8 Å². The maximum Gasteiger partial charge on any atom is 0.305 e. The van der Waals surface area contributed by atoms with Gasteiger partial charge in [0.05, 0.1) is 0 Å². The van der Waals surface area contributed by atoms with Gasteiger partial charge in [0.15, 0.2) is 0 Å². The summed E-state index contributed by atoms with van der Waals surface area (Å²) < 4.78 is 20.1. The fraction of sp³-hybridized carbons (Fsp3) is 0.932. The number of nitrogens with zero attached hydrogens (tertiary/aromatic N) is 1. The van der Waals surface area contributed by atoms with Crippen molar-refractivity contribution in [2.75, 3.05) is 59.3 Å². The van der Waals surface area contributed by atoms with Crippen LogP contribution in [0, 0.1) is 0 Å². The molecule has 10 heteroatoms. The maximum atomic E-state index is 12.8. The normalized spacial score (nSPS) is 11.6. The lowest BCUT2D eigenvalue weighted by atomic mass is 10.0. The smallest absolute Gasteiger partial charge is 0.305 e. The molecule has 0 amide bonds. The highest BCUT2D eigenvalue weighted by atomic mass is 32.2. The third-order valence-electron chi connectivity index (χ3n) is 10.1. The fourth-order valence-electron chi connectivity index (χ4n) is 6.61. The van der Waals surface area contributed by atoms with E-state index < -0.39 is 5.54 Å². The highest BCUT2D eigenvalue weighted by Crippen LogP contribution is 2.16. The monoisotopic (exact) mass is 786 g/mol. The molecule has 0 aliphatic rings. The van der Waals surface area contributed by atoms with Crippen LogP contribution in [-0.2, 0) is 28.6 Å². The summed E-state index contributed by atoms with van der Waals surface area (Å²) in [6, 6.07) is 0. The van der Waals surface area contributed by atoms with Crippen LogP contribution in [0.1, 0.15) is 200 Å². The molecule has 0 aliphatic heterocycles. The van der Waals surface area contributed by atoms with Crippen molar-refractivity contribution < 1.29 is 28.6 Å². The van der Waals surface area contributed by atoms with E-state index in [1.54, 1.807) is 11.9 Å². The topological polar surface area (TPSA) is 106 Å². The summed E-state index contributed by atoms with van der Waals surface area (Å²) in [6.07, 6.45) is 34.2. The van der Waals surface area contributed by atoms with E-state index in [0.29, 0.717) is 25.9 Å². The van der Waals surface area contributed by atoms with Gasteiger partial charge in [-0.25, -0.2) is 0 Å². The first kappa shape index (κ1) is 52.6. The molecule has 0 rings (SSSR count). The van der Waals surface area contributed by atoms with Crippen molar-refractivity contribution in [1.82, 2.24) is 14.9 Å². The van der Waals surface area contributed by atoms with Gasteiger partial charge in [0.25, 0.3) is 6.47 Å². The van der Waals surface area contributed by atoms with E-state index in [4.69, 9.17) is 14.2 Å². The molecule has 0 fully saturated rings. The fourth-order valence-corrected chi connectivity index (χ4v) is 7.24. The Morgan fingerprint density at radius 1 is 0.556 bits per heavy atom. The second-order valence-corrected chi connectivity index (χ2v) is 16.8. The molecule has 2 N–H and O–H groups in total. The summed E-state index contributed by atoms with van der Waals surface area (Å²) in [7, 11) is 4.13. The van der Waals surface area contributed by atoms with Crippen LogP contribution in [0.25, 0.3) is 0 Å². The van der Waals surface area contributed by atoms with Gasteiger partial charge in [0.2, 0.25) is 0 Å². The molecule has 0 aromatic carbocycles. The number of nitrogens with one attached hydrogen (secondary N) is 2. The third kappa shape index (κ3) is 37.6. The van der Waals surface area contributed by atoms with E-state index in [2.05, 4.69) is 42.9 Å². The molecule has 0 heterocycles. The van der Waals surface area contributed by atoms with Gasteiger partial charge in [-0.2, -0.15) is 0 Å². The van der Waals surface area contributed by atoms with Gasteiger partial charge in [-0.3, -0.25) is 19.1 Å². The lowest BCUT2D eigenvalue weighted by Crippen LogP contribution is -2.57. The number of hydrogen-bond acceptors (Lipinski definition) is 10. The predicted octanol–water partition coefficient (Wildman–Crippen LogP) is 10.7. The number of unbranched alkanes of at least 4 members (excludes halogenated alkanes) is 24. The maximum absolute atomic E-state index is 12.8. The van der Waals surface area contributed by atoms with Crippen molar-refractivity contribution in [3.8, 4) is 0 Å². The first-order chi connectivity index (χ1) is 26.4. The molecule has 320 valence electrons. The van der Waals surface area contributed by atoms with E-state index in [0.717, 1.165) is 63.8 Å². The van der Waals surface area contributed by atoms with E-state index in [1.807, 2.05) is 0 Å². The Hall–Kier alpha value is -1.36. The Balaban J connectivity index is 4.62. The molecule has 0 radical (unpaired) electrons. The molecule has 54 heavy (non-hydrogen) atoms. The molecule has 0 saturated carbocycles. The number of ether oxygens (including phenoxy) is 3. The summed E-state index contributed by atoms with van der Waals surface area (Å²) in [5.41, 5.74) is -1.01. The third-order valence-corrected chi connectivity index (χ3v) is 10.9. The second kappa shape index (κ2) is 41.3. The second-order valence-electron chi connectivity index (χ2n) is 15.8. The van der Waals surface area contributed by atoms with Crippen LogP contribution < -0.4 is 10.0 Å². The van der Waals surface area contributed by atoms with Gasteiger partial charge >= 0.3 is 11.9 Å². The molecule has 0 bridgehead atoms. The van der Waals surface area contributed by atoms with Crippen LogP contribution in [-0.4, -0.2) is 88.2 Å². The van der Waals surface area contributed by atoms with Crippen LogP contribution >= 0.6 is 11.9 Å². The SMILES string of the molecule is CCCCCCCCCCCCCCCC(=O)OCC(COC=O)(COC(=O)CCCCCCCCCCCCCCC)NCCSNCCCN(C)C. The number of carbonyl (C=O) groups is 3. The zero-order chi connectivity index (χ0) is 39.6. The van der Waals surface area contributed by atoms with Gasteiger partial charge in [0, 0.05) is 31.7 Å². The first-order valence-electron chi connectivity index (χ1n) is 22.5. The van der Waals surface area contributed by atoms with Gasteiger partial charge in [-0.1, -0.05) is 180 Å². The molecule has 9 nitrogen and oxygen atoms in total. The highest BCUT2D eigenvalue weighted by Gasteiger charge is 2.34. The Labute approximate surface area is 337 Å². The van der Waals surface area contributed by atoms with Gasteiger partial charge < -0.3 is 24.4 Å². The Morgan fingerprint density at radius 3 is 1.31 bits per heavy atom. The zero-order valence-corrected chi connectivity index (χ0v) is 36.7. The van der Waals surface area contributed by atoms with Crippen molar-refractivity contribution >= 4 is 30.4 Å². The molecular weight excluding hydrogens is 699 g/mol. The molecule has 0 spiro atoms. The minimum Gasteiger partial charge on any atom is -0.466 e. The lowest BCUT2D eigenvalue weighted by molar-refractivity contribution is -0.154. The van der Waals surface area contributed by atoms with Crippen LogP contribution in [0.3, 0.4) is 0 Å². The van der Waals surface area contributed by atoms with Crippen LogP contribution in [0.4, 0.5) is 0 Å². The summed E-state index contributed by atoms with van der Waals surface area (Å²) in [4.78, 5) is 39.0. The summed E-state index contributed by atoms with van der Waals surface area (Å²) in [5.74, 6) is 0.195. The van der Waals surface area contributed by atoms with Crippen molar-refractivity contribution in [3.05, 3.63) is 0 Å². The first-order valence-corrected chi connectivity index (χ1v) is 23.5. The minimum atomic E-state index is -1.01. The lowest BCUT2D eigenvalue weighted by Gasteiger charge is -2.33. The quantitative estimate of drug-likeness (QED) is 0.0204. The van der Waals surface area contributed by atoms with Crippen molar-refractivity contribution in [1.29, 1.82) is 0 Å². The predicted molar refractivity (Wildman–Crippen MR) is 229 cm³/mol. The van der Waals surface area contributed by atoms with E-state index in [1.165, 1.54) is 128 Å². The van der Waals surface area contributed by atoms with Gasteiger partial charge in [-0.15, -0.1) is 0 Å². The minimum absolute atomic E-state index is 0.0366. The molecule has 0 aromatic heterocycles. The van der Waals surface area contributed by atoms with E-state index >= 15 is 0 Å². The number of carbonyl (C=O) groups excluding carboxylic acids is 3. The standard InChI is InChI=1S/C44H87N3O6S/c1-5-7-9-11-13-15-17-19-21-23-25-27-29-32-42(49)52-39-44(38-51-41-48,45-35-37-54-46-34-31-36-47(3)4)40-53-43(50)33-30-28-26-24-22-20-18-16-14-12-10-8-6-2/h41,45-46H,5-40H2,1-4H3. The van der Waals surface area contributed by atoms with Crippen molar-refractivity contribution in [3.63, 3.8) is 0 Å². The van der Waals surface area contributed by atoms with Crippen LogP contribution in [0.2, 0.25) is 0 Å². The number of hydrogen-bond donors (Lipinski definition) is 2. The average molecular weight is 786 g/mol. The summed E-state index contributed by atoms with van der Waals surface area (Å²) >= 11 is 1.61. The molecule has 0 atom stereocenters. The largest absolute Gasteiger partial charge is 0.466 e. The number of esters is 2. The average Bonchev–Trinajstić information content (AvgIpc) is 3.16. The van der Waals surface area contributed by atoms with Crippen LogP contribution in [0.15, 0.2) is 0 Å². The molecule has 0 unspecified atom stereocenters. The highest BCUT2D eigenvalue weighted by molar-refractivity contribution is 7.97. The summed E-state index contributed by atoms with van der Waals surface area (Å²) in [6.45, 7) is 7.26. The summed E-state index contributed by atoms with van der Waals surface area (Å²) in [5, 5.41) is 3.42. The Morgan fingerprint density at radius 2 is 0.944 bits per heavy atom. The van der Waals surface area contributed by atoms with E-state index in [9.17, 15) is 14.4 Å². The van der Waals surface area contributed by atoms with Crippen LogP contribution in [0.5, 0.6) is 0 Å². The Kier molecular flexibility index (Phi) is 40.2. The zero-order valence-electron chi connectivity index (χ0n) is 35.8. The van der Waals surface area contributed by atoms with Crippen molar-refractivity contribution in [2.45, 2.75) is 206 Å². The molecule has 0 aromatic rings. The Bertz CT molecular complexity index is 788. The van der Waals surface area contributed by atoms with Gasteiger partial charge in [0.1, 0.15) is 25.4 Å². The molecular formula is C44H87N3O6S. The number of rotatable bonds is 44. The molecule has 0 aliphatic carbocycles.